The highest BCUT2D eigenvalue weighted by Gasteiger charge is 2.47. The molecule has 1 fully saturated rings. The van der Waals surface area contributed by atoms with Crippen LogP contribution in [0.15, 0.2) is 30.3 Å². The van der Waals surface area contributed by atoms with E-state index in [1.165, 1.54) is 18.7 Å². The second-order valence-corrected chi connectivity index (χ2v) is 6.84. The maximum Gasteiger partial charge on any atom is 0.338 e. The SMILES string of the molecule is CCS[C@@H]1O[C@@H](C)[C@H](OC(=O)c2ccccc2)[C@@H](O)[C@H]1OC(C)=O. The first kappa shape index (κ1) is 18.8. The van der Waals surface area contributed by atoms with E-state index >= 15 is 0 Å². The number of rotatable bonds is 5. The normalized spacial score (nSPS) is 29.8. The average Bonchev–Trinajstić information content (AvgIpc) is 2.55. The Bertz CT molecular complexity index is 563. The summed E-state index contributed by atoms with van der Waals surface area (Å²) in [6.07, 6.45) is -3.49. The molecule has 1 saturated heterocycles. The molecule has 1 aliphatic rings. The number of aliphatic hydroxyl groups excluding tert-OH is 1. The quantitative estimate of drug-likeness (QED) is 0.810. The summed E-state index contributed by atoms with van der Waals surface area (Å²) in [5.74, 6) is -0.346. The molecule has 1 heterocycles. The lowest BCUT2D eigenvalue weighted by atomic mass is 10.0. The van der Waals surface area contributed by atoms with Crippen LogP contribution in [-0.2, 0) is 19.0 Å². The van der Waals surface area contributed by atoms with Crippen LogP contribution in [0.2, 0.25) is 0 Å². The van der Waals surface area contributed by atoms with Crippen molar-refractivity contribution >= 4 is 23.7 Å². The van der Waals surface area contributed by atoms with Crippen LogP contribution in [0.1, 0.15) is 31.1 Å². The minimum Gasteiger partial charge on any atom is -0.456 e. The van der Waals surface area contributed by atoms with Crippen molar-refractivity contribution in [2.45, 2.75) is 50.6 Å². The van der Waals surface area contributed by atoms with Gasteiger partial charge in [-0.05, 0) is 24.8 Å². The first-order valence-corrected chi connectivity index (χ1v) is 8.87. The van der Waals surface area contributed by atoms with Crippen LogP contribution in [0.3, 0.4) is 0 Å². The highest BCUT2D eigenvalue weighted by Crippen LogP contribution is 2.32. The Morgan fingerprint density at radius 1 is 1.21 bits per heavy atom. The molecular weight excluding hydrogens is 332 g/mol. The molecule has 0 radical (unpaired) electrons. The van der Waals surface area contributed by atoms with E-state index in [0.29, 0.717) is 5.56 Å². The van der Waals surface area contributed by atoms with Crippen molar-refractivity contribution in [3.8, 4) is 0 Å². The number of hydrogen-bond acceptors (Lipinski definition) is 7. The van der Waals surface area contributed by atoms with E-state index in [1.54, 1.807) is 37.3 Å². The standard InChI is InChI=1S/C17H22O6S/c1-4-24-17-15(22-11(3)18)13(19)14(10(2)21-17)23-16(20)12-8-6-5-7-9-12/h5-10,13-15,17,19H,4H2,1-3H3/t10-,13+,14-,15+,17-/m0/s1. The zero-order valence-corrected chi connectivity index (χ0v) is 14.7. The van der Waals surface area contributed by atoms with Crippen molar-refractivity contribution in [2.75, 3.05) is 5.75 Å². The van der Waals surface area contributed by atoms with Gasteiger partial charge in [-0.15, -0.1) is 11.8 Å². The number of ether oxygens (including phenoxy) is 3. The molecule has 6 nitrogen and oxygen atoms in total. The zero-order chi connectivity index (χ0) is 17.7. The van der Waals surface area contributed by atoms with Gasteiger partial charge in [0.1, 0.15) is 11.5 Å². The van der Waals surface area contributed by atoms with Gasteiger partial charge >= 0.3 is 11.9 Å². The minimum atomic E-state index is -1.16. The van der Waals surface area contributed by atoms with Gasteiger partial charge < -0.3 is 19.3 Å². The van der Waals surface area contributed by atoms with Crippen LogP contribution in [-0.4, -0.2) is 52.6 Å². The van der Waals surface area contributed by atoms with Crippen LogP contribution < -0.4 is 0 Å². The molecule has 132 valence electrons. The molecule has 0 amide bonds. The molecule has 1 aliphatic heterocycles. The van der Waals surface area contributed by atoms with Crippen molar-refractivity contribution in [1.82, 2.24) is 0 Å². The predicted octanol–water partition coefficient (Wildman–Crippen LogP) is 2.00. The molecule has 0 aliphatic carbocycles. The Hall–Kier alpha value is -1.57. The number of aliphatic hydroxyl groups is 1. The first-order valence-electron chi connectivity index (χ1n) is 7.82. The lowest BCUT2D eigenvalue weighted by molar-refractivity contribution is -0.209. The van der Waals surface area contributed by atoms with Gasteiger partial charge in [0.05, 0.1) is 11.7 Å². The molecule has 0 spiro atoms. The maximum atomic E-state index is 12.2. The van der Waals surface area contributed by atoms with Crippen LogP contribution >= 0.6 is 11.8 Å². The molecule has 0 aromatic heterocycles. The fourth-order valence-corrected chi connectivity index (χ4v) is 3.53. The zero-order valence-electron chi connectivity index (χ0n) is 13.9. The number of carbonyl (C=O) groups is 2. The topological polar surface area (TPSA) is 82.1 Å². The van der Waals surface area contributed by atoms with E-state index in [9.17, 15) is 14.7 Å². The Morgan fingerprint density at radius 3 is 2.46 bits per heavy atom. The van der Waals surface area contributed by atoms with Crippen LogP contribution in [0.5, 0.6) is 0 Å². The van der Waals surface area contributed by atoms with E-state index in [1.807, 2.05) is 6.92 Å². The van der Waals surface area contributed by atoms with E-state index in [0.717, 1.165) is 5.75 Å². The van der Waals surface area contributed by atoms with Crippen molar-refractivity contribution in [1.29, 1.82) is 0 Å². The summed E-state index contributed by atoms with van der Waals surface area (Å²) < 4.78 is 16.4. The van der Waals surface area contributed by atoms with Gasteiger partial charge in [-0.25, -0.2) is 4.79 Å². The highest BCUT2D eigenvalue weighted by atomic mass is 32.2. The number of carbonyl (C=O) groups excluding carboxylic acids is 2. The number of esters is 2. The summed E-state index contributed by atoms with van der Waals surface area (Å²) >= 11 is 1.43. The molecule has 1 N–H and O–H groups in total. The number of thioether (sulfide) groups is 1. The molecule has 0 unspecified atom stereocenters. The summed E-state index contributed by atoms with van der Waals surface area (Å²) in [6, 6.07) is 8.50. The third-order valence-electron chi connectivity index (χ3n) is 3.64. The summed E-state index contributed by atoms with van der Waals surface area (Å²) in [7, 11) is 0. The molecule has 0 saturated carbocycles. The summed E-state index contributed by atoms with van der Waals surface area (Å²) in [5.41, 5.74) is -0.124. The summed E-state index contributed by atoms with van der Waals surface area (Å²) in [4.78, 5) is 23.6. The summed E-state index contributed by atoms with van der Waals surface area (Å²) in [5, 5.41) is 10.6. The second-order valence-electron chi connectivity index (χ2n) is 5.47. The summed E-state index contributed by atoms with van der Waals surface area (Å²) in [6.45, 7) is 4.93. The lowest BCUT2D eigenvalue weighted by Crippen LogP contribution is -2.58. The molecule has 1 aromatic rings. The molecule has 5 atom stereocenters. The van der Waals surface area contributed by atoms with Gasteiger partial charge in [-0.1, -0.05) is 25.1 Å². The Kier molecular flexibility index (Phi) is 6.65. The Labute approximate surface area is 145 Å². The van der Waals surface area contributed by atoms with Gasteiger partial charge in [0.15, 0.2) is 12.2 Å². The average molecular weight is 354 g/mol. The van der Waals surface area contributed by atoms with Crippen molar-refractivity contribution < 1.29 is 28.9 Å². The first-order chi connectivity index (χ1) is 11.4. The van der Waals surface area contributed by atoms with Crippen molar-refractivity contribution in [3.63, 3.8) is 0 Å². The number of benzene rings is 1. The molecule has 2 rings (SSSR count). The molecule has 0 bridgehead atoms. The molecule has 24 heavy (non-hydrogen) atoms. The van der Waals surface area contributed by atoms with Crippen molar-refractivity contribution in [3.05, 3.63) is 35.9 Å². The second kappa shape index (κ2) is 8.50. The third-order valence-corrected chi connectivity index (χ3v) is 4.68. The smallest absolute Gasteiger partial charge is 0.338 e. The predicted molar refractivity (Wildman–Crippen MR) is 89.7 cm³/mol. The molecule has 1 aromatic carbocycles. The Morgan fingerprint density at radius 2 is 1.88 bits per heavy atom. The van der Waals surface area contributed by atoms with Gasteiger partial charge in [0, 0.05) is 6.92 Å². The van der Waals surface area contributed by atoms with Gasteiger partial charge in [0.2, 0.25) is 0 Å². The van der Waals surface area contributed by atoms with E-state index < -0.39 is 41.8 Å². The van der Waals surface area contributed by atoms with E-state index in [4.69, 9.17) is 14.2 Å². The molecular formula is C17H22O6S. The minimum absolute atomic E-state index is 0.381. The third kappa shape index (κ3) is 4.49. The molecule has 7 heteroatoms. The van der Waals surface area contributed by atoms with E-state index in [2.05, 4.69) is 0 Å². The van der Waals surface area contributed by atoms with E-state index in [-0.39, 0.29) is 0 Å². The van der Waals surface area contributed by atoms with Crippen LogP contribution in [0.25, 0.3) is 0 Å². The largest absolute Gasteiger partial charge is 0.456 e. The maximum absolute atomic E-state index is 12.2. The van der Waals surface area contributed by atoms with Gasteiger partial charge in [0.25, 0.3) is 0 Å². The Balaban J connectivity index is 2.14. The fraction of sp³-hybridized carbons (Fsp3) is 0.529. The van der Waals surface area contributed by atoms with Gasteiger partial charge in [-0.3, -0.25) is 4.79 Å². The monoisotopic (exact) mass is 354 g/mol. The van der Waals surface area contributed by atoms with Crippen LogP contribution in [0.4, 0.5) is 0 Å². The number of hydrogen-bond donors (Lipinski definition) is 1. The van der Waals surface area contributed by atoms with Crippen LogP contribution in [0, 0.1) is 0 Å². The fourth-order valence-electron chi connectivity index (χ4n) is 2.54. The highest BCUT2D eigenvalue weighted by molar-refractivity contribution is 7.99. The van der Waals surface area contributed by atoms with Crippen molar-refractivity contribution in [2.24, 2.45) is 0 Å². The van der Waals surface area contributed by atoms with Gasteiger partial charge in [-0.2, -0.15) is 0 Å². The lowest BCUT2D eigenvalue weighted by Gasteiger charge is -2.42.